The molecule has 0 saturated carbocycles. The summed E-state index contributed by atoms with van der Waals surface area (Å²) in [4.78, 5) is 14.0. The third-order valence-corrected chi connectivity index (χ3v) is 3.23. The van der Waals surface area contributed by atoms with Gasteiger partial charge in [0.25, 0.3) is 0 Å². The van der Waals surface area contributed by atoms with E-state index in [-0.39, 0.29) is 30.3 Å². The number of hydrogen-bond acceptors (Lipinski definition) is 2. The molecule has 0 radical (unpaired) electrons. The second-order valence-corrected chi connectivity index (χ2v) is 4.81. The number of benzene rings is 1. The highest BCUT2D eigenvalue weighted by Gasteiger charge is 2.27. The van der Waals surface area contributed by atoms with Gasteiger partial charge in [-0.3, -0.25) is 4.79 Å². The van der Waals surface area contributed by atoms with Gasteiger partial charge >= 0.3 is 0 Å². The first kappa shape index (κ1) is 13.0. The molecule has 1 aromatic carbocycles. The van der Waals surface area contributed by atoms with Crippen molar-refractivity contribution in [1.82, 2.24) is 4.90 Å². The molecule has 0 spiro atoms. The zero-order valence-electron chi connectivity index (χ0n) is 10.7. The van der Waals surface area contributed by atoms with E-state index >= 15 is 0 Å². The molecule has 3 nitrogen and oxygen atoms in total. The lowest BCUT2D eigenvalue weighted by Gasteiger charge is -2.36. The maximum absolute atomic E-state index is 13.5. The molecule has 2 unspecified atom stereocenters. The Morgan fingerprint density at radius 3 is 2.89 bits per heavy atom. The van der Waals surface area contributed by atoms with Crippen LogP contribution in [-0.2, 0) is 16.0 Å². The Balaban J connectivity index is 2.05. The van der Waals surface area contributed by atoms with Crippen LogP contribution in [0.25, 0.3) is 0 Å². The molecule has 2 atom stereocenters. The summed E-state index contributed by atoms with van der Waals surface area (Å²) in [5, 5.41) is 0. The Kier molecular flexibility index (Phi) is 3.97. The van der Waals surface area contributed by atoms with Crippen molar-refractivity contribution >= 4 is 5.91 Å². The van der Waals surface area contributed by atoms with Crippen molar-refractivity contribution in [2.24, 2.45) is 0 Å². The van der Waals surface area contributed by atoms with Crippen molar-refractivity contribution in [1.29, 1.82) is 0 Å². The maximum Gasteiger partial charge on any atom is 0.227 e. The van der Waals surface area contributed by atoms with E-state index in [1.807, 2.05) is 13.8 Å². The molecule has 1 saturated heterocycles. The van der Waals surface area contributed by atoms with Crippen molar-refractivity contribution in [3.63, 3.8) is 0 Å². The molecule has 98 valence electrons. The van der Waals surface area contributed by atoms with Gasteiger partial charge in [0, 0.05) is 6.54 Å². The number of amides is 1. The van der Waals surface area contributed by atoms with E-state index < -0.39 is 0 Å². The lowest BCUT2D eigenvalue weighted by Crippen LogP contribution is -2.50. The number of hydrogen-bond donors (Lipinski definition) is 0. The average Bonchev–Trinajstić information content (AvgIpc) is 2.35. The lowest BCUT2D eigenvalue weighted by molar-refractivity contribution is -0.142. The van der Waals surface area contributed by atoms with E-state index in [0.29, 0.717) is 18.7 Å². The highest BCUT2D eigenvalue weighted by molar-refractivity contribution is 5.79. The van der Waals surface area contributed by atoms with E-state index in [2.05, 4.69) is 0 Å². The molecular weight excluding hydrogens is 233 g/mol. The zero-order valence-corrected chi connectivity index (χ0v) is 10.7. The highest BCUT2D eigenvalue weighted by atomic mass is 19.1. The molecule has 18 heavy (non-hydrogen) atoms. The summed E-state index contributed by atoms with van der Waals surface area (Å²) in [5.41, 5.74) is 0.453. The first-order chi connectivity index (χ1) is 8.58. The van der Waals surface area contributed by atoms with Gasteiger partial charge in [-0.2, -0.15) is 0 Å². The van der Waals surface area contributed by atoms with Crippen molar-refractivity contribution < 1.29 is 13.9 Å². The number of nitrogens with zero attached hydrogens (tertiary/aromatic N) is 1. The third-order valence-electron chi connectivity index (χ3n) is 3.23. The lowest BCUT2D eigenvalue weighted by atomic mass is 10.1. The quantitative estimate of drug-likeness (QED) is 0.804. The summed E-state index contributed by atoms with van der Waals surface area (Å²) < 4.78 is 19.0. The Morgan fingerprint density at radius 2 is 2.17 bits per heavy atom. The molecule has 1 aromatic rings. The number of rotatable bonds is 2. The monoisotopic (exact) mass is 251 g/mol. The van der Waals surface area contributed by atoms with Gasteiger partial charge in [-0.1, -0.05) is 18.2 Å². The van der Waals surface area contributed by atoms with Gasteiger partial charge < -0.3 is 9.64 Å². The molecule has 1 fully saturated rings. The number of carbonyl (C=O) groups excluding carboxylic acids is 1. The Bertz CT molecular complexity index is 436. The summed E-state index contributed by atoms with van der Waals surface area (Å²) in [6.45, 7) is 5.01. The maximum atomic E-state index is 13.5. The van der Waals surface area contributed by atoms with Gasteiger partial charge in [0.2, 0.25) is 5.91 Å². The van der Waals surface area contributed by atoms with E-state index in [4.69, 9.17) is 4.74 Å². The van der Waals surface area contributed by atoms with Crippen LogP contribution in [0, 0.1) is 5.82 Å². The van der Waals surface area contributed by atoms with E-state index in [1.165, 1.54) is 6.07 Å². The van der Waals surface area contributed by atoms with Crippen LogP contribution in [0.1, 0.15) is 19.4 Å². The van der Waals surface area contributed by atoms with Gasteiger partial charge in [0.15, 0.2) is 0 Å². The van der Waals surface area contributed by atoms with E-state index in [1.54, 1.807) is 23.1 Å². The van der Waals surface area contributed by atoms with Crippen LogP contribution in [-0.4, -0.2) is 36.1 Å². The van der Waals surface area contributed by atoms with E-state index in [0.717, 1.165) is 0 Å². The van der Waals surface area contributed by atoms with Crippen LogP contribution >= 0.6 is 0 Å². The molecule has 2 rings (SSSR count). The predicted octanol–water partition coefficient (Wildman–Crippen LogP) is 2.00. The van der Waals surface area contributed by atoms with Crippen LogP contribution in [0.15, 0.2) is 24.3 Å². The van der Waals surface area contributed by atoms with E-state index in [9.17, 15) is 9.18 Å². The Morgan fingerprint density at radius 1 is 1.44 bits per heavy atom. The van der Waals surface area contributed by atoms with Gasteiger partial charge in [-0.15, -0.1) is 0 Å². The normalized spacial score (nSPS) is 24.1. The SMILES string of the molecule is CC1CN(C(=O)Cc2ccccc2F)C(C)CO1. The molecule has 1 aliphatic rings. The first-order valence-corrected chi connectivity index (χ1v) is 6.22. The fourth-order valence-electron chi connectivity index (χ4n) is 2.16. The molecule has 0 N–H and O–H groups in total. The summed E-state index contributed by atoms with van der Waals surface area (Å²) in [5.74, 6) is -0.359. The third kappa shape index (κ3) is 2.88. The molecule has 1 aliphatic heterocycles. The van der Waals surface area contributed by atoms with Crippen LogP contribution < -0.4 is 0 Å². The van der Waals surface area contributed by atoms with Crippen LogP contribution in [0.2, 0.25) is 0 Å². The minimum atomic E-state index is -0.320. The van der Waals surface area contributed by atoms with Gasteiger partial charge in [0.05, 0.1) is 25.2 Å². The van der Waals surface area contributed by atoms with Gasteiger partial charge in [-0.25, -0.2) is 4.39 Å². The summed E-state index contributed by atoms with van der Waals surface area (Å²) in [6, 6.07) is 6.47. The van der Waals surface area contributed by atoms with Crippen LogP contribution in [0.3, 0.4) is 0 Å². The summed E-state index contributed by atoms with van der Waals surface area (Å²) >= 11 is 0. The second-order valence-electron chi connectivity index (χ2n) is 4.81. The topological polar surface area (TPSA) is 29.5 Å². The number of ether oxygens (including phenoxy) is 1. The standard InChI is InChI=1S/C14H18FNO2/c1-10-9-18-11(2)8-16(10)14(17)7-12-5-3-4-6-13(12)15/h3-6,10-11H,7-9H2,1-2H3. The fourth-order valence-corrected chi connectivity index (χ4v) is 2.16. The molecule has 0 aliphatic carbocycles. The summed E-state index contributed by atoms with van der Waals surface area (Å²) in [6.07, 6.45) is 0.162. The van der Waals surface area contributed by atoms with Crippen molar-refractivity contribution in [3.05, 3.63) is 35.6 Å². The van der Waals surface area contributed by atoms with Gasteiger partial charge in [-0.05, 0) is 25.5 Å². The fraction of sp³-hybridized carbons (Fsp3) is 0.500. The molecule has 1 amide bonds. The van der Waals surface area contributed by atoms with Crippen LogP contribution in [0.4, 0.5) is 4.39 Å². The largest absolute Gasteiger partial charge is 0.375 e. The minimum absolute atomic E-state index is 0.0391. The molecule has 4 heteroatoms. The molecule has 0 bridgehead atoms. The number of morpholine rings is 1. The van der Waals surface area contributed by atoms with Crippen molar-refractivity contribution in [3.8, 4) is 0 Å². The highest BCUT2D eigenvalue weighted by Crippen LogP contribution is 2.15. The number of carbonyl (C=O) groups is 1. The second kappa shape index (κ2) is 5.48. The summed E-state index contributed by atoms with van der Waals surface area (Å²) in [7, 11) is 0. The van der Waals surface area contributed by atoms with Gasteiger partial charge in [0.1, 0.15) is 5.82 Å². The molecule has 0 aromatic heterocycles. The molecule has 1 heterocycles. The zero-order chi connectivity index (χ0) is 13.1. The smallest absolute Gasteiger partial charge is 0.227 e. The molecular formula is C14H18FNO2. The Labute approximate surface area is 107 Å². The average molecular weight is 251 g/mol. The van der Waals surface area contributed by atoms with Crippen molar-refractivity contribution in [2.45, 2.75) is 32.4 Å². The van der Waals surface area contributed by atoms with Crippen LogP contribution in [0.5, 0.6) is 0 Å². The Hall–Kier alpha value is -1.42. The predicted molar refractivity (Wildman–Crippen MR) is 66.7 cm³/mol. The first-order valence-electron chi connectivity index (χ1n) is 6.22. The minimum Gasteiger partial charge on any atom is -0.375 e. The van der Waals surface area contributed by atoms with Crippen molar-refractivity contribution in [2.75, 3.05) is 13.2 Å². The number of halogens is 1.